The van der Waals surface area contributed by atoms with Gasteiger partial charge in [0.2, 0.25) is 0 Å². The molecule has 38 heavy (non-hydrogen) atoms. The summed E-state index contributed by atoms with van der Waals surface area (Å²) in [5.41, 5.74) is 0. The van der Waals surface area contributed by atoms with E-state index >= 15 is 0 Å². The Morgan fingerprint density at radius 3 is 1.26 bits per heavy atom. The first kappa shape index (κ1) is 35.2. The molecule has 2 nitrogen and oxygen atoms in total. The largest absolute Gasteiger partial charge is 0.256 e. The summed E-state index contributed by atoms with van der Waals surface area (Å²) < 4.78 is 5.19. The average Bonchev–Trinajstić information content (AvgIpc) is 3.31. The van der Waals surface area contributed by atoms with Crippen LogP contribution in [0.15, 0.2) is 12.4 Å². The summed E-state index contributed by atoms with van der Waals surface area (Å²) in [6, 6.07) is 0. The van der Waals surface area contributed by atoms with Crippen LogP contribution in [0.25, 0.3) is 0 Å². The number of aromatic nitrogens is 2. The van der Waals surface area contributed by atoms with Gasteiger partial charge in [0.15, 0.2) is 0 Å². The van der Waals surface area contributed by atoms with Crippen LogP contribution >= 0.6 is 0 Å². The first-order valence-corrected chi connectivity index (χ1v) is 17.9. The Labute approximate surface area is 240 Å². The summed E-state index contributed by atoms with van der Waals surface area (Å²) in [6.45, 7) is 9.39. The van der Waals surface area contributed by atoms with E-state index in [0.717, 1.165) is 0 Å². The maximum Gasteiger partial charge on any atom is 0.256 e. The molecule has 1 rings (SSSR count). The zero-order valence-electron chi connectivity index (χ0n) is 26.8. The summed E-state index contributed by atoms with van der Waals surface area (Å²) in [6.07, 6.45) is 44.5. The van der Waals surface area contributed by atoms with Crippen LogP contribution in [-0.2, 0) is 19.5 Å². The van der Waals surface area contributed by atoms with Gasteiger partial charge < -0.3 is 0 Å². The number of unbranched alkanes of at least 4 members (excludes halogenated alkanes) is 24. The predicted molar refractivity (Wildman–Crippen MR) is 170 cm³/mol. The molecule has 0 atom stereocenters. The van der Waals surface area contributed by atoms with Crippen molar-refractivity contribution in [1.29, 1.82) is 0 Å². The van der Waals surface area contributed by atoms with Crippen molar-refractivity contribution in [2.24, 2.45) is 0 Å². The third-order valence-corrected chi connectivity index (χ3v) is 8.60. The van der Waals surface area contributed by atoms with E-state index in [4.69, 9.17) is 0 Å². The Morgan fingerprint density at radius 2 is 0.816 bits per heavy atom. The Hall–Kier alpha value is -0.790. The topological polar surface area (TPSA) is 8.81 Å². The maximum absolute atomic E-state index is 2.60. The molecule has 0 aliphatic rings. The molecule has 0 unspecified atom stereocenters. The van der Waals surface area contributed by atoms with Crippen molar-refractivity contribution in [2.45, 2.75) is 214 Å². The number of nitrogens with zero attached hydrogens (tertiary/aromatic N) is 2. The fraction of sp³-hybridized carbons (Fsp3) is 0.917. The summed E-state index contributed by atoms with van der Waals surface area (Å²) in [7, 11) is 0. The first-order chi connectivity index (χ1) is 18.8. The molecule has 2 heteroatoms. The molecule has 0 saturated heterocycles. The fourth-order valence-electron chi connectivity index (χ4n) is 5.97. The van der Waals surface area contributed by atoms with Gasteiger partial charge in [-0.25, -0.2) is 9.13 Å². The van der Waals surface area contributed by atoms with Crippen LogP contribution in [0.3, 0.4) is 0 Å². The van der Waals surface area contributed by atoms with E-state index in [1.165, 1.54) is 193 Å². The molecular weight excluding hydrogens is 460 g/mol. The van der Waals surface area contributed by atoms with Crippen LogP contribution in [0.4, 0.5) is 0 Å². The lowest BCUT2D eigenvalue weighted by molar-refractivity contribution is -0.704. The number of hydrogen-bond donors (Lipinski definition) is 0. The molecule has 1 aromatic heterocycles. The van der Waals surface area contributed by atoms with E-state index in [0.29, 0.717) is 0 Å². The third kappa shape index (κ3) is 20.2. The van der Waals surface area contributed by atoms with Gasteiger partial charge >= 0.3 is 0 Å². The average molecular weight is 532 g/mol. The second kappa shape index (κ2) is 27.8. The van der Waals surface area contributed by atoms with E-state index in [-0.39, 0.29) is 0 Å². The fourth-order valence-corrected chi connectivity index (χ4v) is 5.97. The van der Waals surface area contributed by atoms with Crippen molar-refractivity contribution in [3.8, 4) is 0 Å². The van der Waals surface area contributed by atoms with Gasteiger partial charge in [-0.05, 0) is 32.1 Å². The molecule has 0 spiro atoms. The minimum absolute atomic E-state index is 1.22. The molecule has 0 N–H and O–H groups in total. The standard InChI is InChI=1S/C36H71N2/c1-4-7-10-12-14-15-16-17-18-19-20-21-22-23-25-27-30-33-38-35-34-37(36(38)31-28-9-6-3)32-29-26-24-13-11-8-5-2/h34-35H,4-33H2,1-3H3/q+1. The quantitative estimate of drug-likeness (QED) is 0.0689. The van der Waals surface area contributed by atoms with Gasteiger partial charge in [0.25, 0.3) is 5.82 Å². The number of hydrogen-bond acceptors (Lipinski definition) is 0. The van der Waals surface area contributed by atoms with Crippen LogP contribution in [0.1, 0.15) is 200 Å². The maximum atomic E-state index is 2.60. The molecule has 1 heterocycles. The van der Waals surface area contributed by atoms with Gasteiger partial charge in [-0.15, -0.1) is 0 Å². The highest BCUT2D eigenvalue weighted by Crippen LogP contribution is 2.15. The van der Waals surface area contributed by atoms with Gasteiger partial charge in [-0.2, -0.15) is 0 Å². The SMILES string of the molecule is CCCCCCCCCCCCCCCCCCCn1cc[n+](CCCCCCCCC)c1CCCCC. The van der Waals surface area contributed by atoms with E-state index < -0.39 is 0 Å². The highest BCUT2D eigenvalue weighted by molar-refractivity contribution is 4.84. The monoisotopic (exact) mass is 532 g/mol. The van der Waals surface area contributed by atoms with E-state index in [1.54, 1.807) is 5.82 Å². The van der Waals surface area contributed by atoms with Gasteiger partial charge in [-0.3, -0.25) is 0 Å². The Morgan fingerprint density at radius 1 is 0.447 bits per heavy atom. The molecule has 0 aliphatic heterocycles. The molecule has 0 aromatic carbocycles. The lowest BCUT2D eigenvalue weighted by atomic mass is 10.0. The van der Waals surface area contributed by atoms with Crippen LogP contribution in [0, 0.1) is 0 Å². The Kier molecular flexibility index (Phi) is 25.7. The van der Waals surface area contributed by atoms with Crippen molar-refractivity contribution in [3.05, 3.63) is 18.2 Å². The van der Waals surface area contributed by atoms with Gasteiger partial charge in [0.1, 0.15) is 12.4 Å². The Balaban J connectivity index is 2.08. The second-order valence-electron chi connectivity index (χ2n) is 12.3. The molecule has 224 valence electrons. The molecular formula is C36H71N2+. The summed E-state index contributed by atoms with van der Waals surface area (Å²) in [5.74, 6) is 1.60. The van der Waals surface area contributed by atoms with Crippen molar-refractivity contribution in [3.63, 3.8) is 0 Å². The predicted octanol–water partition coefficient (Wildman–Crippen LogP) is 11.9. The lowest BCUT2D eigenvalue weighted by Crippen LogP contribution is -2.37. The van der Waals surface area contributed by atoms with Crippen LogP contribution < -0.4 is 4.57 Å². The van der Waals surface area contributed by atoms with E-state index in [2.05, 4.69) is 42.3 Å². The van der Waals surface area contributed by atoms with E-state index in [1.807, 2.05) is 0 Å². The minimum atomic E-state index is 1.22. The third-order valence-electron chi connectivity index (χ3n) is 8.60. The molecule has 0 saturated carbocycles. The highest BCUT2D eigenvalue weighted by Gasteiger charge is 2.16. The normalized spacial score (nSPS) is 11.6. The van der Waals surface area contributed by atoms with Crippen molar-refractivity contribution in [2.75, 3.05) is 0 Å². The van der Waals surface area contributed by atoms with Crippen molar-refractivity contribution >= 4 is 0 Å². The first-order valence-electron chi connectivity index (χ1n) is 17.9. The Bertz CT molecular complexity index is 590. The summed E-state index contributed by atoms with van der Waals surface area (Å²) in [5, 5.41) is 0. The second-order valence-corrected chi connectivity index (χ2v) is 12.3. The van der Waals surface area contributed by atoms with E-state index in [9.17, 15) is 0 Å². The van der Waals surface area contributed by atoms with Crippen molar-refractivity contribution < 1.29 is 4.57 Å². The zero-order valence-corrected chi connectivity index (χ0v) is 26.8. The van der Waals surface area contributed by atoms with Gasteiger partial charge in [-0.1, -0.05) is 162 Å². The number of imidazole rings is 1. The smallest absolute Gasteiger partial charge is 0.234 e. The lowest BCUT2D eigenvalue weighted by Gasteiger charge is -2.06. The molecule has 0 radical (unpaired) electrons. The van der Waals surface area contributed by atoms with Crippen LogP contribution in [0.2, 0.25) is 0 Å². The van der Waals surface area contributed by atoms with Gasteiger partial charge in [0, 0.05) is 6.42 Å². The van der Waals surface area contributed by atoms with Crippen LogP contribution in [0.5, 0.6) is 0 Å². The summed E-state index contributed by atoms with van der Waals surface area (Å²) in [4.78, 5) is 0. The summed E-state index contributed by atoms with van der Waals surface area (Å²) >= 11 is 0. The van der Waals surface area contributed by atoms with Crippen molar-refractivity contribution in [1.82, 2.24) is 4.57 Å². The molecule has 0 amide bonds. The van der Waals surface area contributed by atoms with Gasteiger partial charge in [0.05, 0.1) is 13.1 Å². The molecule has 0 aliphatic carbocycles. The number of aryl methyl sites for hydroxylation is 2. The highest BCUT2D eigenvalue weighted by atomic mass is 15.1. The van der Waals surface area contributed by atoms with Crippen LogP contribution in [-0.4, -0.2) is 4.57 Å². The zero-order chi connectivity index (χ0) is 27.4. The minimum Gasteiger partial charge on any atom is -0.234 e. The molecule has 0 bridgehead atoms. The number of rotatable bonds is 30. The molecule has 1 aromatic rings. The molecule has 0 fully saturated rings.